The summed E-state index contributed by atoms with van der Waals surface area (Å²) in [5, 5.41) is 6.53. The number of carbonyl (C=O) groups excluding carboxylic acids is 1. The van der Waals surface area contributed by atoms with Crippen LogP contribution in [0.4, 0.5) is 4.79 Å². The zero-order valence-corrected chi connectivity index (χ0v) is 12.7. The number of nitrogens with zero attached hydrogens (tertiary/aromatic N) is 3. The number of aromatic nitrogens is 2. The normalized spacial score (nSPS) is 17.7. The molecule has 116 valence electrons. The van der Waals surface area contributed by atoms with Crippen LogP contribution in [0, 0.1) is 12.8 Å². The highest BCUT2D eigenvalue weighted by Gasteiger charge is 2.26. The molecule has 1 aliphatic heterocycles. The van der Waals surface area contributed by atoms with Gasteiger partial charge in [-0.2, -0.15) is 4.98 Å². The van der Waals surface area contributed by atoms with Crippen LogP contribution < -0.4 is 5.32 Å². The average molecular weight is 300 g/mol. The Bertz CT molecular complexity index is 626. The fraction of sp³-hybridized carbons (Fsp3) is 0.438. The van der Waals surface area contributed by atoms with Crippen molar-refractivity contribution in [3.05, 3.63) is 47.6 Å². The number of likely N-dealkylation sites (tertiary alicyclic amines) is 1. The Morgan fingerprint density at radius 3 is 2.95 bits per heavy atom. The number of carbonyl (C=O) groups is 1. The van der Waals surface area contributed by atoms with Crippen LogP contribution in [-0.4, -0.2) is 34.2 Å². The molecule has 0 radical (unpaired) electrons. The van der Waals surface area contributed by atoms with E-state index in [2.05, 4.69) is 39.7 Å². The lowest BCUT2D eigenvalue weighted by molar-refractivity contribution is 0.204. The van der Waals surface area contributed by atoms with Crippen LogP contribution in [-0.2, 0) is 13.0 Å². The number of hydrogen-bond acceptors (Lipinski definition) is 4. The van der Waals surface area contributed by atoms with Crippen LogP contribution in [0.3, 0.4) is 0 Å². The fourth-order valence-corrected chi connectivity index (χ4v) is 2.81. The van der Waals surface area contributed by atoms with Gasteiger partial charge in [0.25, 0.3) is 0 Å². The van der Waals surface area contributed by atoms with Crippen molar-refractivity contribution in [2.75, 3.05) is 13.1 Å². The second-order valence-electron chi connectivity index (χ2n) is 5.68. The van der Waals surface area contributed by atoms with Crippen LogP contribution in [0.25, 0.3) is 0 Å². The molecule has 0 spiro atoms. The molecule has 1 aliphatic rings. The van der Waals surface area contributed by atoms with E-state index in [-0.39, 0.29) is 12.6 Å². The topological polar surface area (TPSA) is 71.3 Å². The molecule has 0 aliphatic carbocycles. The summed E-state index contributed by atoms with van der Waals surface area (Å²) in [6.07, 6.45) is 2.06. The van der Waals surface area contributed by atoms with E-state index < -0.39 is 0 Å². The van der Waals surface area contributed by atoms with E-state index in [1.165, 1.54) is 5.56 Å². The van der Waals surface area contributed by atoms with Gasteiger partial charge in [0.05, 0.1) is 6.54 Å². The SMILES string of the molecule is Cc1noc(CNC(=O)N2CCC(Cc3ccccc3)C2)n1. The minimum atomic E-state index is -0.0635. The van der Waals surface area contributed by atoms with Crippen molar-refractivity contribution in [2.45, 2.75) is 26.3 Å². The summed E-state index contributed by atoms with van der Waals surface area (Å²) in [6, 6.07) is 10.4. The van der Waals surface area contributed by atoms with Gasteiger partial charge in [0.1, 0.15) is 0 Å². The molecule has 1 saturated heterocycles. The summed E-state index contributed by atoms with van der Waals surface area (Å²) < 4.78 is 4.98. The molecular formula is C16H20N4O2. The van der Waals surface area contributed by atoms with Crippen LogP contribution >= 0.6 is 0 Å². The first-order valence-corrected chi connectivity index (χ1v) is 7.56. The molecule has 6 nitrogen and oxygen atoms in total. The first kappa shape index (κ1) is 14.6. The third kappa shape index (κ3) is 3.63. The van der Waals surface area contributed by atoms with Crippen molar-refractivity contribution in [1.82, 2.24) is 20.4 Å². The van der Waals surface area contributed by atoms with Crippen molar-refractivity contribution < 1.29 is 9.32 Å². The van der Waals surface area contributed by atoms with Crippen LogP contribution in [0.1, 0.15) is 23.7 Å². The number of rotatable bonds is 4. The van der Waals surface area contributed by atoms with Gasteiger partial charge < -0.3 is 14.7 Å². The molecule has 2 heterocycles. The molecule has 6 heteroatoms. The van der Waals surface area contributed by atoms with E-state index in [9.17, 15) is 4.79 Å². The van der Waals surface area contributed by atoms with Crippen LogP contribution in [0.15, 0.2) is 34.9 Å². The smallest absolute Gasteiger partial charge is 0.317 e. The zero-order chi connectivity index (χ0) is 15.4. The van der Waals surface area contributed by atoms with E-state index in [0.29, 0.717) is 17.6 Å². The molecule has 1 atom stereocenters. The van der Waals surface area contributed by atoms with Gasteiger partial charge in [0.2, 0.25) is 5.89 Å². The number of aryl methyl sites for hydroxylation is 1. The summed E-state index contributed by atoms with van der Waals surface area (Å²) in [5.74, 6) is 1.54. The van der Waals surface area contributed by atoms with E-state index in [1.807, 2.05) is 11.0 Å². The monoisotopic (exact) mass is 300 g/mol. The highest BCUT2D eigenvalue weighted by Crippen LogP contribution is 2.20. The summed E-state index contributed by atoms with van der Waals surface area (Å²) in [6.45, 7) is 3.62. The summed E-state index contributed by atoms with van der Waals surface area (Å²) >= 11 is 0. The predicted molar refractivity (Wildman–Crippen MR) is 81.1 cm³/mol. The molecule has 1 aromatic heterocycles. The van der Waals surface area contributed by atoms with Crippen LogP contribution in [0.2, 0.25) is 0 Å². The number of benzene rings is 1. The van der Waals surface area contributed by atoms with E-state index in [0.717, 1.165) is 25.9 Å². The highest BCUT2D eigenvalue weighted by molar-refractivity contribution is 5.74. The number of hydrogen-bond donors (Lipinski definition) is 1. The lowest BCUT2D eigenvalue weighted by Gasteiger charge is -2.16. The van der Waals surface area contributed by atoms with E-state index >= 15 is 0 Å². The largest absolute Gasteiger partial charge is 0.337 e. The van der Waals surface area contributed by atoms with Gasteiger partial charge in [0, 0.05) is 13.1 Å². The highest BCUT2D eigenvalue weighted by atomic mass is 16.5. The molecule has 22 heavy (non-hydrogen) atoms. The molecular weight excluding hydrogens is 280 g/mol. The standard InChI is InChI=1S/C16H20N4O2/c1-12-18-15(22-19-12)10-17-16(21)20-8-7-14(11-20)9-13-5-3-2-4-6-13/h2-6,14H,7-11H2,1H3,(H,17,21). The summed E-state index contributed by atoms with van der Waals surface area (Å²) in [7, 11) is 0. The number of urea groups is 1. The van der Waals surface area contributed by atoms with Crippen LogP contribution in [0.5, 0.6) is 0 Å². The maximum atomic E-state index is 12.1. The third-order valence-corrected chi connectivity index (χ3v) is 3.90. The summed E-state index contributed by atoms with van der Waals surface area (Å²) in [4.78, 5) is 18.1. The van der Waals surface area contributed by atoms with Gasteiger partial charge in [-0.15, -0.1) is 0 Å². The molecule has 3 rings (SSSR count). The number of amides is 2. The Morgan fingerprint density at radius 2 is 2.23 bits per heavy atom. The molecule has 2 aromatic rings. The molecule has 0 saturated carbocycles. The second-order valence-corrected chi connectivity index (χ2v) is 5.68. The lowest BCUT2D eigenvalue weighted by atomic mass is 9.99. The Balaban J connectivity index is 1.46. The van der Waals surface area contributed by atoms with Gasteiger partial charge in [-0.25, -0.2) is 4.79 Å². The van der Waals surface area contributed by atoms with Crippen molar-refractivity contribution in [2.24, 2.45) is 5.92 Å². The second kappa shape index (κ2) is 6.60. The Morgan fingerprint density at radius 1 is 1.41 bits per heavy atom. The van der Waals surface area contributed by atoms with E-state index in [1.54, 1.807) is 6.92 Å². The lowest BCUT2D eigenvalue weighted by Crippen LogP contribution is -2.38. The average Bonchev–Trinajstić information content (AvgIpc) is 3.15. The van der Waals surface area contributed by atoms with Crippen molar-refractivity contribution in [1.29, 1.82) is 0 Å². The van der Waals surface area contributed by atoms with Gasteiger partial charge in [0.15, 0.2) is 5.82 Å². The molecule has 0 bridgehead atoms. The number of nitrogens with one attached hydrogen (secondary N) is 1. The first-order valence-electron chi connectivity index (χ1n) is 7.56. The minimum absolute atomic E-state index is 0.0635. The Labute approximate surface area is 129 Å². The molecule has 1 unspecified atom stereocenters. The maximum Gasteiger partial charge on any atom is 0.317 e. The molecule has 2 amide bonds. The third-order valence-electron chi connectivity index (χ3n) is 3.90. The fourth-order valence-electron chi connectivity index (χ4n) is 2.81. The maximum absolute atomic E-state index is 12.1. The van der Waals surface area contributed by atoms with Crippen molar-refractivity contribution >= 4 is 6.03 Å². The Hall–Kier alpha value is -2.37. The minimum Gasteiger partial charge on any atom is -0.337 e. The van der Waals surface area contributed by atoms with Gasteiger partial charge in [-0.1, -0.05) is 35.5 Å². The quantitative estimate of drug-likeness (QED) is 0.939. The Kier molecular flexibility index (Phi) is 4.37. The molecule has 1 N–H and O–H groups in total. The summed E-state index contributed by atoms with van der Waals surface area (Å²) in [5.41, 5.74) is 1.33. The molecule has 1 fully saturated rings. The predicted octanol–water partition coefficient (Wildman–Crippen LogP) is 2.15. The van der Waals surface area contributed by atoms with Crippen molar-refractivity contribution in [3.8, 4) is 0 Å². The van der Waals surface area contributed by atoms with Gasteiger partial charge in [-0.05, 0) is 31.2 Å². The van der Waals surface area contributed by atoms with Gasteiger partial charge >= 0.3 is 6.03 Å². The molecule has 1 aromatic carbocycles. The zero-order valence-electron chi connectivity index (χ0n) is 12.7. The van der Waals surface area contributed by atoms with E-state index in [4.69, 9.17) is 4.52 Å². The first-order chi connectivity index (χ1) is 10.7. The van der Waals surface area contributed by atoms with Gasteiger partial charge in [-0.3, -0.25) is 0 Å². The van der Waals surface area contributed by atoms with Crippen molar-refractivity contribution in [3.63, 3.8) is 0 Å².